The number of ether oxygens (including phenoxy) is 3. The van der Waals surface area contributed by atoms with E-state index in [0.29, 0.717) is 27.2 Å². The number of carbonyl (C=O) groups excluding carboxylic acids is 2. The van der Waals surface area contributed by atoms with Crippen LogP contribution in [0.2, 0.25) is 0 Å². The van der Waals surface area contributed by atoms with E-state index < -0.39 is 18.0 Å². The maximum atomic E-state index is 12.2. The molecule has 0 aliphatic heterocycles. The molecular weight excluding hydrogens is 390 g/mol. The molecule has 7 heteroatoms. The highest BCUT2D eigenvalue weighted by molar-refractivity contribution is 9.10. The van der Waals surface area contributed by atoms with Gasteiger partial charge in [0.05, 0.1) is 24.3 Å². The van der Waals surface area contributed by atoms with Gasteiger partial charge in [-0.15, -0.1) is 0 Å². The molecule has 1 amide bonds. The van der Waals surface area contributed by atoms with Gasteiger partial charge in [-0.25, -0.2) is 4.79 Å². The van der Waals surface area contributed by atoms with Crippen LogP contribution in [0.5, 0.6) is 11.5 Å². The summed E-state index contributed by atoms with van der Waals surface area (Å²) in [5.74, 6) is 0.178. The van der Waals surface area contributed by atoms with E-state index in [0.717, 1.165) is 0 Å². The maximum Gasteiger partial charge on any atom is 0.338 e. The number of halogens is 1. The Bertz CT molecular complexity index is 778. The second kappa shape index (κ2) is 8.53. The molecule has 6 nitrogen and oxygen atoms in total. The summed E-state index contributed by atoms with van der Waals surface area (Å²) in [6.45, 7) is 1.51. The zero-order valence-corrected chi connectivity index (χ0v) is 15.6. The number of rotatable bonds is 6. The smallest absolute Gasteiger partial charge is 0.338 e. The molecule has 0 aromatic heterocycles. The average Bonchev–Trinajstić information content (AvgIpc) is 2.61. The predicted octanol–water partition coefficient (Wildman–Crippen LogP) is 3.65. The van der Waals surface area contributed by atoms with Crippen LogP contribution in [0.25, 0.3) is 0 Å². The predicted molar refractivity (Wildman–Crippen MR) is 97.2 cm³/mol. The molecule has 0 heterocycles. The van der Waals surface area contributed by atoms with Gasteiger partial charge in [-0.05, 0) is 53.2 Å². The Kier molecular flexibility index (Phi) is 6.41. The van der Waals surface area contributed by atoms with Gasteiger partial charge in [0.2, 0.25) is 0 Å². The van der Waals surface area contributed by atoms with Crippen LogP contribution in [-0.2, 0) is 9.53 Å². The number of esters is 1. The van der Waals surface area contributed by atoms with Gasteiger partial charge in [-0.1, -0.05) is 6.07 Å². The third-order valence-corrected chi connectivity index (χ3v) is 4.00. The molecule has 2 aromatic carbocycles. The van der Waals surface area contributed by atoms with Crippen LogP contribution in [0.4, 0.5) is 5.69 Å². The highest BCUT2D eigenvalue weighted by atomic mass is 79.9. The van der Waals surface area contributed by atoms with Crippen molar-refractivity contribution in [1.29, 1.82) is 0 Å². The van der Waals surface area contributed by atoms with E-state index >= 15 is 0 Å². The van der Waals surface area contributed by atoms with Crippen LogP contribution in [-0.4, -0.2) is 32.2 Å². The lowest BCUT2D eigenvalue weighted by Gasteiger charge is -2.14. The molecule has 0 fully saturated rings. The Morgan fingerprint density at radius 1 is 1.08 bits per heavy atom. The fourth-order valence-electron chi connectivity index (χ4n) is 2.02. The summed E-state index contributed by atoms with van der Waals surface area (Å²) in [4.78, 5) is 24.4. The molecule has 0 unspecified atom stereocenters. The zero-order valence-electron chi connectivity index (χ0n) is 14.0. The highest BCUT2D eigenvalue weighted by Crippen LogP contribution is 2.26. The van der Waals surface area contributed by atoms with E-state index in [2.05, 4.69) is 21.2 Å². The molecule has 0 saturated heterocycles. The summed E-state index contributed by atoms with van der Waals surface area (Å²) in [6.07, 6.45) is -0.959. The molecule has 0 aliphatic carbocycles. The number of hydrogen-bond donors (Lipinski definition) is 1. The van der Waals surface area contributed by atoms with E-state index in [4.69, 9.17) is 14.2 Å². The van der Waals surface area contributed by atoms with Gasteiger partial charge in [-0.3, -0.25) is 4.79 Å². The Hall–Kier alpha value is -2.54. The molecule has 2 rings (SSSR count). The van der Waals surface area contributed by atoms with Gasteiger partial charge in [-0.2, -0.15) is 0 Å². The van der Waals surface area contributed by atoms with Crippen LogP contribution in [0.3, 0.4) is 0 Å². The van der Waals surface area contributed by atoms with Crippen molar-refractivity contribution in [2.75, 3.05) is 19.5 Å². The standard InChI is InChI=1S/C18H18BrNO5/c1-11(17(21)20-13-5-4-6-14(10-13)23-2)25-18(22)12-7-8-16(24-3)15(19)9-12/h4-11H,1-3H3,(H,20,21)/t11-/m1/s1. The first kappa shape index (κ1) is 18.8. The van der Waals surface area contributed by atoms with Crippen molar-refractivity contribution in [2.24, 2.45) is 0 Å². The lowest BCUT2D eigenvalue weighted by atomic mass is 10.2. The number of methoxy groups -OCH3 is 2. The van der Waals surface area contributed by atoms with E-state index in [1.807, 2.05) is 0 Å². The maximum absolute atomic E-state index is 12.2. The topological polar surface area (TPSA) is 73.9 Å². The second-order valence-corrected chi connectivity index (χ2v) is 5.97. The molecule has 25 heavy (non-hydrogen) atoms. The lowest BCUT2D eigenvalue weighted by molar-refractivity contribution is -0.123. The van der Waals surface area contributed by atoms with Crippen molar-refractivity contribution in [3.05, 3.63) is 52.5 Å². The number of nitrogens with one attached hydrogen (secondary N) is 1. The summed E-state index contributed by atoms with van der Waals surface area (Å²) in [6, 6.07) is 11.7. The number of benzene rings is 2. The molecule has 0 saturated carbocycles. The Morgan fingerprint density at radius 2 is 1.84 bits per heavy atom. The molecule has 1 N–H and O–H groups in total. The molecule has 0 bridgehead atoms. The first-order valence-corrected chi connectivity index (χ1v) is 8.23. The third-order valence-electron chi connectivity index (χ3n) is 3.38. The molecule has 0 aliphatic rings. The molecule has 0 spiro atoms. The summed E-state index contributed by atoms with van der Waals surface area (Å²) in [5.41, 5.74) is 0.869. The zero-order chi connectivity index (χ0) is 18.4. The van der Waals surface area contributed by atoms with Gasteiger partial charge in [0.25, 0.3) is 5.91 Å². The fraction of sp³-hybridized carbons (Fsp3) is 0.222. The van der Waals surface area contributed by atoms with Gasteiger partial charge in [0, 0.05) is 11.8 Å². The number of carbonyl (C=O) groups is 2. The van der Waals surface area contributed by atoms with Crippen molar-refractivity contribution in [3.8, 4) is 11.5 Å². The third kappa shape index (κ3) is 4.96. The van der Waals surface area contributed by atoms with Crippen LogP contribution >= 0.6 is 15.9 Å². The van der Waals surface area contributed by atoms with Crippen LogP contribution in [0.15, 0.2) is 46.9 Å². The van der Waals surface area contributed by atoms with Crippen molar-refractivity contribution in [2.45, 2.75) is 13.0 Å². The van der Waals surface area contributed by atoms with Crippen LogP contribution in [0.1, 0.15) is 17.3 Å². The van der Waals surface area contributed by atoms with Crippen molar-refractivity contribution >= 4 is 33.5 Å². The molecule has 132 valence electrons. The minimum absolute atomic E-state index is 0.314. The van der Waals surface area contributed by atoms with Crippen molar-refractivity contribution < 1.29 is 23.8 Å². The van der Waals surface area contributed by atoms with E-state index in [9.17, 15) is 9.59 Å². The number of hydrogen-bond acceptors (Lipinski definition) is 5. The summed E-state index contributed by atoms with van der Waals surface area (Å²) < 4.78 is 16.0. The molecular formula is C18H18BrNO5. The Labute approximate surface area is 154 Å². The minimum atomic E-state index is -0.959. The largest absolute Gasteiger partial charge is 0.497 e. The van der Waals surface area contributed by atoms with Gasteiger partial charge in [0.1, 0.15) is 11.5 Å². The van der Waals surface area contributed by atoms with E-state index in [1.54, 1.807) is 49.6 Å². The molecule has 1 atom stereocenters. The number of amides is 1. The molecule has 0 radical (unpaired) electrons. The fourth-order valence-corrected chi connectivity index (χ4v) is 2.56. The number of anilines is 1. The first-order chi connectivity index (χ1) is 11.9. The minimum Gasteiger partial charge on any atom is -0.497 e. The second-order valence-electron chi connectivity index (χ2n) is 5.12. The Morgan fingerprint density at radius 3 is 2.48 bits per heavy atom. The van der Waals surface area contributed by atoms with Crippen molar-refractivity contribution in [1.82, 2.24) is 0 Å². The summed E-state index contributed by atoms with van der Waals surface area (Å²) >= 11 is 3.30. The lowest BCUT2D eigenvalue weighted by Crippen LogP contribution is -2.30. The van der Waals surface area contributed by atoms with Gasteiger partial charge in [0.15, 0.2) is 6.10 Å². The van der Waals surface area contributed by atoms with E-state index in [-0.39, 0.29) is 0 Å². The molecule has 2 aromatic rings. The average molecular weight is 408 g/mol. The highest BCUT2D eigenvalue weighted by Gasteiger charge is 2.20. The monoisotopic (exact) mass is 407 g/mol. The SMILES string of the molecule is COc1cccc(NC(=O)[C@@H](C)OC(=O)c2ccc(OC)c(Br)c2)c1. The Balaban J connectivity index is 2.00. The van der Waals surface area contributed by atoms with Crippen LogP contribution < -0.4 is 14.8 Å². The van der Waals surface area contributed by atoms with Gasteiger partial charge >= 0.3 is 5.97 Å². The normalized spacial score (nSPS) is 11.4. The van der Waals surface area contributed by atoms with Gasteiger partial charge < -0.3 is 19.5 Å². The first-order valence-electron chi connectivity index (χ1n) is 7.44. The quantitative estimate of drug-likeness (QED) is 0.739. The summed E-state index contributed by atoms with van der Waals surface area (Å²) in [7, 11) is 3.07. The van der Waals surface area contributed by atoms with E-state index in [1.165, 1.54) is 14.0 Å². The van der Waals surface area contributed by atoms with Crippen molar-refractivity contribution in [3.63, 3.8) is 0 Å². The van der Waals surface area contributed by atoms with Crippen LogP contribution in [0, 0.1) is 0 Å². The summed E-state index contributed by atoms with van der Waals surface area (Å²) in [5, 5.41) is 2.68.